The van der Waals surface area contributed by atoms with Gasteiger partial charge in [0, 0.05) is 24.7 Å². The third-order valence-electron chi connectivity index (χ3n) is 3.08. The zero-order valence-corrected chi connectivity index (χ0v) is 9.09. The molecule has 3 unspecified atom stereocenters. The Kier molecular flexibility index (Phi) is 4.16. The molecular weight excluding hydrogens is 162 g/mol. The van der Waals surface area contributed by atoms with Crippen molar-refractivity contribution in [2.24, 2.45) is 5.73 Å². The molecule has 3 N–H and O–H groups in total. The molecule has 3 atom stereocenters. The van der Waals surface area contributed by atoms with Gasteiger partial charge in [-0.2, -0.15) is 0 Å². The minimum absolute atomic E-state index is 0.459. The molecule has 0 amide bonds. The van der Waals surface area contributed by atoms with Crippen LogP contribution in [0.1, 0.15) is 26.7 Å². The van der Waals surface area contributed by atoms with E-state index in [1.807, 2.05) is 0 Å². The molecular formula is C10H23N3. The first kappa shape index (κ1) is 11.0. The molecule has 1 fully saturated rings. The second kappa shape index (κ2) is 4.94. The SMILES string of the molecule is CC(CN)NC1CCN(C)C(C)C1. The molecule has 0 aliphatic carbocycles. The van der Waals surface area contributed by atoms with E-state index in [2.05, 4.69) is 31.1 Å². The largest absolute Gasteiger partial charge is 0.329 e. The molecule has 3 nitrogen and oxygen atoms in total. The number of nitrogens with zero attached hydrogens (tertiary/aromatic N) is 1. The van der Waals surface area contributed by atoms with Gasteiger partial charge in [-0.05, 0) is 40.3 Å². The summed E-state index contributed by atoms with van der Waals surface area (Å²) in [6.45, 7) is 6.39. The molecule has 1 saturated heterocycles. The Morgan fingerprint density at radius 1 is 1.62 bits per heavy atom. The average molecular weight is 185 g/mol. The number of piperidine rings is 1. The summed E-state index contributed by atoms with van der Waals surface area (Å²) in [6.07, 6.45) is 2.51. The van der Waals surface area contributed by atoms with Crippen molar-refractivity contribution >= 4 is 0 Å². The molecule has 0 saturated carbocycles. The van der Waals surface area contributed by atoms with E-state index >= 15 is 0 Å². The van der Waals surface area contributed by atoms with Gasteiger partial charge in [-0.25, -0.2) is 0 Å². The van der Waals surface area contributed by atoms with Gasteiger partial charge in [0.15, 0.2) is 0 Å². The summed E-state index contributed by atoms with van der Waals surface area (Å²) >= 11 is 0. The van der Waals surface area contributed by atoms with Crippen molar-refractivity contribution in [3.05, 3.63) is 0 Å². The van der Waals surface area contributed by atoms with Crippen molar-refractivity contribution < 1.29 is 0 Å². The smallest absolute Gasteiger partial charge is 0.0164 e. The molecule has 1 aliphatic heterocycles. The van der Waals surface area contributed by atoms with E-state index in [4.69, 9.17) is 5.73 Å². The zero-order valence-electron chi connectivity index (χ0n) is 9.09. The molecule has 0 radical (unpaired) electrons. The van der Waals surface area contributed by atoms with Crippen LogP contribution in [-0.2, 0) is 0 Å². The van der Waals surface area contributed by atoms with E-state index < -0.39 is 0 Å². The lowest BCUT2D eigenvalue weighted by molar-refractivity contribution is 0.164. The second-order valence-electron chi connectivity index (χ2n) is 4.35. The van der Waals surface area contributed by atoms with Crippen molar-refractivity contribution in [2.45, 2.75) is 44.8 Å². The minimum Gasteiger partial charge on any atom is -0.329 e. The van der Waals surface area contributed by atoms with Crippen LogP contribution in [0.15, 0.2) is 0 Å². The molecule has 0 spiro atoms. The fraction of sp³-hybridized carbons (Fsp3) is 1.00. The third kappa shape index (κ3) is 3.25. The van der Waals surface area contributed by atoms with Crippen LogP contribution in [0.2, 0.25) is 0 Å². The first-order valence-corrected chi connectivity index (χ1v) is 5.29. The van der Waals surface area contributed by atoms with E-state index in [-0.39, 0.29) is 0 Å². The van der Waals surface area contributed by atoms with Gasteiger partial charge < -0.3 is 16.0 Å². The van der Waals surface area contributed by atoms with Gasteiger partial charge in [-0.1, -0.05) is 0 Å². The highest BCUT2D eigenvalue weighted by Crippen LogP contribution is 2.15. The molecule has 3 heteroatoms. The Bertz CT molecular complexity index is 147. The maximum atomic E-state index is 5.58. The van der Waals surface area contributed by atoms with Gasteiger partial charge in [-0.3, -0.25) is 0 Å². The van der Waals surface area contributed by atoms with E-state index in [1.54, 1.807) is 0 Å². The molecule has 1 heterocycles. The topological polar surface area (TPSA) is 41.3 Å². The van der Waals surface area contributed by atoms with Crippen molar-refractivity contribution in [3.8, 4) is 0 Å². The predicted molar refractivity (Wildman–Crippen MR) is 56.8 cm³/mol. The summed E-state index contributed by atoms with van der Waals surface area (Å²) in [7, 11) is 2.20. The van der Waals surface area contributed by atoms with Crippen LogP contribution in [0.3, 0.4) is 0 Å². The van der Waals surface area contributed by atoms with Gasteiger partial charge in [0.25, 0.3) is 0 Å². The fourth-order valence-electron chi connectivity index (χ4n) is 1.91. The standard InChI is InChI=1S/C10H23N3/c1-8(7-11)12-10-4-5-13(3)9(2)6-10/h8-10,12H,4-7,11H2,1-3H3. The predicted octanol–water partition coefficient (Wildman–Crippen LogP) is 0.406. The van der Waals surface area contributed by atoms with E-state index in [0.717, 1.165) is 6.54 Å². The van der Waals surface area contributed by atoms with Gasteiger partial charge in [0.05, 0.1) is 0 Å². The minimum atomic E-state index is 0.459. The van der Waals surface area contributed by atoms with Crippen LogP contribution in [0.5, 0.6) is 0 Å². The number of rotatable bonds is 3. The maximum absolute atomic E-state index is 5.58. The Labute approximate surface area is 81.7 Å². The molecule has 13 heavy (non-hydrogen) atoms. The van der Waals surface area contributed by atoms with Crippen LogP contribution < -0.4 is 11.1 Å². The number of likely N-dealkylation sites (tertiary alicyclic amines) is 1. The van der Waals surface area contributed by atoms with Crippen LogP contribution in [0.4, 0.5) is 0 Å². The normalized spacial score (nSPS) is 33.2. The zero-order chi connectivity index (χ0) is 9.84. The second-order valence-corrected chi connectivity index (χ2v) is 4.35. The summed E-state index contributed by atoms with van der Waals surface area (Å²) in [5.74, 6) is 0. The van der Waals surface area contributed by atoms with E-state index in [0.29, 0.717) is 18.1 Å². The van der Waals surface area contributed by atoms with Crippen LogP contribution in [-0.4, -0.2) is 43.2 Å². The highest BCUT2D eigenvalue weighted by atomic mass is 15.1. The lowest BCUT2D eigenvalue weighted by Crippen LogP contribution is -2.49. The first-order valence-electron chi connectivity index (χ1n) is 5.29. The fourth-order valence-corrected chi connectivity index (χ4v) is 1.91. The summed E-state index contributed by atoms with van der Waals surface area (Å²) in [6, 6.07) is 1.83. The van der Waals surface area contributed by atoms with E-state index in [1.165, 1.54) is 19.4 Å². The third-order valence-corrected chi connectivity index (χ3v) is 3.08. The Morgan fingerprint density at radius 2 is 2.31 bits per heavy atom. The van der Waals surface area contributed by atoms with Crippen molar-refractivity contribution in [1.82, 2.24) is 10.2 Å². The molecule has 0 aromatic heterocycles. The van der Waals surface area contributed by atoms with Crippen molar-refractivity contribution in [3.63, 3.8) is 0 Å². The van der Waals surface area contributed by atoms with Gasteiger partial charge in [0.2, 0.25) is 0 Å². The number of nitrogens with one attached hydrogen (secondary N) is 1. The van der Waals surface area contributed by atoms with Crippen molar-refractivity contribution in [1.29, 1.82) is 0 Å². The van der Waals surface area contributed by atoms with Gasteiger partial charge in [0.1, 0.15) is 0 Å². The first-order chi connectivity index (χ1) is 6.13. The molecule has 1 aliphatic rings. The van der Waals surface area contributed by atoms with Crippen LogP contribution >= 0.6 is 0 Å². The van der Waals surface area contributed by atoms with Gasteiger partial charge in [-0.15, -0.1) is 0 Å². The summed E-state index contributed by atoms with van der Waals surface area (Å²) < 4.78 is 0. The van der Waals surface area contributed by atoms with Crippen molar-refractivity contribution in [2.75, 3.05) is 20.1 Å². The number of nitrogens with two attached hydrogens (primary N) is 1. The average Bonchev–Trinajstić information content (AvgIpc) is 2.11. The number of hydrogen-bond acceptors (Lipinski definition) is 3. The van der Waals surface area contributed by atoms with Crippen LogP contribution in [0.25, 0.3) is 0 Å². The summed E-state index contributed by atoms with van der Waals surface area (Å²) in [5.41, 5.74) is 5.58. The Hall–Kier alpha value is -0.120. The molecule has 0 bridgehead atoms. The lowest BCUT2D eigenvalue weighted by Gasteiger charge is -2.36. The quantitative estimate of drug-likeness (QED) is 0.669. The van der Waals surface area contributed by atoms with Crippen LogP contribution in [0, 0.1) is 0 Å². The summed E-state index contributed by atoms with van der Waals surface area (Å²) in [4.78, 5) is 2.42. The maximum Gasteiger partial charge on any atom is 0.0164 e. The van der Waals surface area contributed by atoms with Gasteiger partial charge >= 0.3 is 0 Å². The van der Waals surface area contributed by atoms with E-state index in [9.17, 15) is 0 Å². The highest BCUT2D eigenvalue weighted by Gasteiger charge is 2.22. The summed E-state index contributed by atoms with van der Waals surface area (Å²) in [5, 5.41) is 3.57. The Balaban J connectivity index is 2.29. The molecule has 1 rings (SSSR count). The Morgan fingerprint density at radius 3 is 2.85 bits per heavy atom. The molecule has 0 aromatic carbocycles. The lowest BCUT2D eigenvalue weighted by atomic mass is 9.98. The molecule has 0 aromatic rings. The number of hydrogen-bond donors (Lipinski definition) is 2. The molecule has 78 valence electrons. The highest BCUT2D eigenvalue weighted by molar-refractivity contribution is 4.82. The monoisotopic (exact) mass is 185 g/mol.